The van der Waals surface area contributed by atoms with Gasteiger partial charge in [-0.05, 0) is 0 Å². The molecule has 0 fully saturated rings. The van der Waals surface area contributed by atoms with Crippen LogP contribution in [-0.2, 0) is 8.63 Å². The van der Waals surface area contributed by atoms with Gasteiger partial charge in [0.25, 0.3) is 0 Å². The summed E-state index contributed by atoms with van der Waals surface area (Å²) < 4.78 is 11.1. The van der Waals surface area contributed by atoms with E-state index in [9.17, 15) is 28.9 Å². The van der Waals surface area contributed by atoms with Crippen molar-refractivity contribution in [2.75, 3.05) is 5.32 Å². The van der Waals surface area contributed by atoms with Gasteiger partial charge in [0.2, 0.25) is 0 Å². The normalized spacial score (nSPS) is 13.1. The number of hydrogen-bond acceptors (Lipinski definition) is 7. The molecule has 11 heteroatoms. The van der Waals surface area contributed by atoms with Gasteiger partial charge in [-0.1, -0.05) is 0 Å². The molecule has 0 aliphatic heterocycles. The third-order valence-electron chi connectivity index (χ3n) is 2.71. The van der Waals surface area contributed by atoms with Crippen LogP contribution in [0.3, 0.4) is 0 Å². The van der Waals surface area contributed by atoms with E-state index in [1.165, 1.54) is 5.82 Å². The number of rotatable bonds is 8. The molecule has 0 aliphatic carbocycles. The average molecular weight is 378 g/mol. The van der Waals surface area contributed by atoms with E-state index >= 15 is 0 Å². The molecule has 0 heterocycles. The molecular weight excluding hydrogens is 365 g/mol. The molecule has 1 aromatic rings. The van der Waals surface area contributed by atoms with Crippen molar-refractivity contribution in [1.82, 2.24) is 0 Å². The molecule has 22 heavy (non-hydrogen) atoms. The van der Waals surface area contributed by atoms with Gasteiger partial charge in [-0.3, -0.25) is 0 Å². The van der Waals surface area contributed by atoms with Gasteiger partial charge in [-0.15, -0.1) is 0 Å². The van der Waals surface area contributed by atoms with E-state index in [0.29, 0.717) is 0 Å². The Kier molecular flexibility index (Phi) is 6.08. The number of anilines is 1. The molecule has 0 spiro atoms. The minimum absolute atomic E-state index is 0.0359. The molecule has 2 atom stereocenters. The first-order valence-corrected chi connectivity index (χ1v) is 9.57. The molecule has 1 unspecified atom stereocenters. The Balaban J connectivity index is 3.08. The minimum atomic E-state index is -2.08. The van der Waals surface area contributed by atoms with Gasteiger partial charge in [-0.2, -0.15) is 0 Å². The van der Waals surface area contributed by atoms with Crippen LogP contribution in [0, 0.1) is 20.2 Å². The Hall–Kier alpha value is -2.39. The fraction of sp³-hybridized carbons (Fsp3) is 0.364. The van der Waals surface area contributed by atoms with Gasteiger partial charge in [0, 0.05) is 0 Å². The predicted molar refractivity (Wildman–Crippen MR) is 76.5 cm³/mol. The van der Waals surface area contributed by atoms with Crippen molar-refractivity contribution in [3.63, 3.8) is 0 Å². The van der Waals surface area contributed by atoms with Crippen molar-refractivity contribution < 1.29 is 23.6 Å². The monoisotopic (exact) mass is 379 g/mol. The van der Waals surface area contributed by atoms with E-state index < -0.39 is 47.1 Å². The number of nitro groups is 2. The molecule has 1 rings (SSSR count). The summed E-state index contributed by atoms with van der Waals surface area (Å²) in [7, 11) is 0. The van der Waals surface area contributed by atoms with Gasteiger partial charge in [0.15, 0.2) is 0 Å². The molecule has 0 aliphatic rings. The fourth-order valence-corrected chi connectivity index (χ4v) is 2.83. The summed E-state index contributed by atoms with van der Waals surface area (Å²) in [5, 5.41) is 33.4. The summed E-state index contributed by atoms with van der Waals surface area (Å²) >= 11 is -2.08. The van der Waals surface area contributed by atoms with E-state index in [4.69, 9.17) is 5.11 Å². The van der Waals surface area contributed by atoms with Crippen molar-refractivity contribution in [3.05, 3.63) is 38.4 Å². The van der Waals surface area contributed by atoms with Crippen LogP contribution in [0.2, 0.25) is 11.1 Å². The van der Waals surface area contributed by atoms with Gasteiger partial charge in [-0.25, -0.2) is 0 Å². The fourth-order valence-electron chi connectivity index (χ4n) is 1.64. The van der Waals surface area contributed by atoms with Gasteiger partial charge < -0.3 is 0 Å². The second-order valence-corrected chi connectivity index (χ2v) is 7.58. The zero-order valence-electron chi connectivity index (χ0n) is 11.4. The molecule has 0 saturated heterocycles. The predicted octanol–water partition coefficient (Wildman–Crippen LogP) is 1.81. The van der Waals surface area contributed by atoms with Crippen LogP contribution >= 0.6 is 0 Å². The molecule has 0 bridgehead atoms. The molecule has 0 amide bonds. The summed E-state index contributed by atoms with van der Waals surface area (Å²) in [6.45, 7) is 0. The Morgan fingerprint density at radius 3 is 2.45 bits per heavy atom. The number of non-ortho nitro benzene ring substituents is 1. The van der Waals surface area contributed by atoms with E-state index in [-0.39, 0.29) is 17.4 Å². The number of nitro benzene ring substituents is 2. The Bertz CT molecular complexity index is 634. The van der Waals surface area contributed by atoms with Gasteiger partial charge in [0.1, 0.15) is 0 Å². The molecule has 120 valence electrons. The number of hydrogen-bond donors (Lipinski definition) is 2. The first-order valence-electron chi connectivity index (χ1n) is 5.94. The number of nitrogens with zero attached hydrogens (tertiary/aromatic N) is 2. The van der Waals surface area contributed by atoms with Crippen molar-refractivity contribution in [1.29, 1.82) is 0 Å². The van der Waals surface area contributed by atoms with Crippen LogP contribution in [0.5, 0.6) is 0 Å². The molecule has 0 aromatic heterocycles. The molecule has 1 aromatic carbocycles. The topological polar surface area (TPSA) is 153 Å². The Morgan fingerprint density at radius 2 is 2.00 bits per heavy atom. The third kappa shape index (κ3) is 4.86. The van der Waals surface area contributed by atoms with Crippen molar-refractivity contribution in [2.45, 2.75) is 23.6 Å². The summed E-state index contributed by atoms with van der Waals surface area (Å²) in [6.07, 6.45) is 0.0359. The molecular formula is C11H13N3O7Se. The first-order chi connectivity index (χ1) is 10.2. The SMILES string of the molecule is C[Se](=O)CC[C@H](Nc1ccc([N+](=O)[O-])cc1[N+](=O)[O-])C(=O)O. The number of carboxylic acid groups (broad SMARTS) is 1. The van der Waals surface area contributed by atoms with Crippen LogP contribution in [0.4, 0.5) is 17.1 Å². The standard InChI is InChI=1S/C11H13N3O7Se/c1-22(21)5-4-9(11(15)16)12-8-3-2-7(13(17)18)6-10(8)14(19)20/h2-3,6,9,12H,4-5H2,1H3,(H,15,16)/t9-,22?/m0/s1. The average Bonchev–Trinajstić information content (AvgIpc) is 2.42. The van der Waals surface area contributed by atoms with E-state index in [2.05, 4.69) is 5.32 Å². The van der Waals surface area contributed by atoms with Crippen LogP contribution < -0.4 is 5.32 Å². The number of benzene rings is 1. The Labute approximate surface area is 128 Å². The molecule has 2 N–H and O–H groups in total. The van der Waals surface area contributed by atoms with E-state index in [0.717, 1.165) is 18.2 Å². The molecule has 0 saturated carbocycles. The van der Waals surface area contributed by atoms with Crippen LogP contribution in [0.25, 0.3) is 0 Å². The van der Waals surface area contributed by atoms with Crippen LogP contribution in [-0.4, -0.2) is 40.8 Å². The maximum absolute atomic E-state index is 11.1. The van der Waals surface area contributed by atoms with Gasteiger partial charge >= 0.3 is 128 Å². The third-order valence-corrected chi connectivity index (χ3v) is 4.41. The zero-order valence-corrected chi connectivity index (χ0v) is 13.1. The maximum atomic E-state index is 11.1. The van der Waals surface area contributed by atoms with Gasteiger partial charge in [0.05, 0.1) is 0 Å². The number of carboxylic acids is 1. The van der Waals surface area contributed by atoms with Crippen LogP contribution in [0.1, 0.15) is 6.42 Å². The summed E-state index contributed by atoms with van der Waals surface area (Å²) in [6, 6.07) is 1.72. The number of carbonyl (C=O) groups is 1. The first kappa shape index (κ1) is 17.7. The molecule has 0 radical (unpaired) electrons. The van der Waals surface area contributed by atoms with Crippen molar-refractivity contribution in [3.8, 4) is 0 Å². The second-order valence-electron chi connectivity index (χ2n) is 4.32. The summed E-state index contributed by atoms with van der Waals surface area (Å²) in [5.74, 6) is 0.257. The zero-order chi connectivity index (χ0) is 16.9. The molecule has 10 nitrogen and oxygen atoms in total. The Morgan fingerprint density at radius 1 is 1.36 bits per heavy atom. The summed E-state index contributed by atoms with van der Waals surface area (Å²) in [4.78, 5) is 31.1. The van der Waals surface area contributed by atoms with Crippen molar-refractivity contribution >= 4 is 36.9 Å². The van der Waals surface area contributed by atoms with E-state index in [1.54, 1.807) is 0 Å². The second kappa shape index (κ2) is 7.57. The van der Waals surface area contributed by atoms with Crippen molar-refractivity contribution in [2.24, 2.45) is 0 Å². The van der Waals surface area contributed by atoms with E-state index in [1.807, 2.05) is 0 Å². The number of aliphatic carboxylic acids is 1. The number of nitrogens with one attached hydrogen (secondary N) is 1. The summed E-state index contributed by atoms with van der Waals surface area (Å²) in [5.41, 5.74) is -1.20. The van der Waals surface area contributed by atoms with Crippen LogP contribution in [0.15, 0.2) is 18.2 Å². The quantitative estimate of drug-likeness (QED) is 0.394.